The second kappa shape index (κ2) is 10.5. The third-order valence-electron chi connectivity index (χ3n) is 6.08. The van der Waals surface area contributed by atoms with E-state index in [1.165, 1.54) is 0 Å². The second-order valence-electron chi connectivity index (χ2n) is 8.45. The summed E-state index contributed by atoms with van der Waals surface area (Å²) in [4.78, 5) is 44.8. The number of pyridine rings is 1. The molecule has 0 aliphatic carbocycles. The molecular formula is C25H29N5O4. The highest BCUT2D eigenvalue weighted by atomic mass is 16.5. The summed E-state index contributed by atoms with van der Waals surface area (Å²) in [5.74, 6) is -0.613. The highest BCUT2D eigenvalue weighted by Gasteiger charge is 2.40. The Morgan fingerprint density at radius 2 is 1.94 bits per heavy atom. The van der Waals surface area contributed by atoms with E-state index in [0.29, 0.717) is 31.7 Å². The number of aryl methyl sites for hydroxylation is 1. The van der Waals surface area contributed by atoms with E-state index >= 15 is 0 Å². The number of nitrogens with one attached hydrogen (secondary N) is 1. The molecule has 9 nitrogen and oxygen atoms in total. The van der Waals surface area contributed by atoms with Crippen LogP contribution in [0.1, 0.15) is 31.7 Å². The van der Waals surface area contributed by atoms with Gasteiger partial charge in [-0.1, -0.05) is 24.3 Å². The summed E-state index contributed by atoms with van der Waals surface area (Å²) in [6.07, 6.45) is 3.21. The number of hydrazone groups is 1. The maximum atomic E-state index is 13.6. The van der Waals surface area contributed by atoms with Crippen molar-refractivity contribution in [2.24, 2.45) is 11.0 Å². The fourth-order valence-electron chi connectivity index (χ4n) is 4.30. The van der Waals surface area contributed by atoms with Gasteiger partial charge in [-0.25, -0.2) is 9.78 Å². The van der Waals surface area contributed by atoms with Crippen LogP contribution < -0.4 is 10.3 Å². The highest BCUT2D eigenvalue weighted by Crippen LogP contribution is 2.28. The number of benzene rings is 1. The molecule has 3 heterocycles. The molecule has 1 N–H and O–H groups in total. The van der Waals surface area contributed by atoms with Gasteiger partial charge in [0.1, 0.15) is 17.6 Å². The number of amides is 2. The van der Waals surface area contributed by atoms with Gasteiger partial charge in [-0.05, 0) is 50.5 Å². The maximum absolute atomic E-state index is 13.6. The summed E-state index contributed by atoms with van der Waals surface area (Å²) in [6, 6.07) is 12.3. The lowest BCUT2D eigenvalue weighted by Crippen LogP contribution is -2.50. The molecule has 2 aromatic rings. The molecule has 4 rings (SSSR count). The Morgan fingerprint density at radius 1 is 1.15 bits per heavy atom. The fraction of sp³-hybridized carbons (Fsp3) is 0.400. The summed E-state index contributed by atoms with van der Waals surface area (Å²) in [7, 11) is 0. The van der Waals surface area contributed by atoms with Gasteiger partial charge in [0.25, 0.3) is 0 Å². The van der Waals surface area contributed by atoms with Gasteiger partial charge < -0.3 is 15.0 Å². The van der Waals surface area contributed by atoms with Crippen LogP contribution in [0.5, 0.6) is 0 Å². The molecule has 1 aromatic heterocycles. The molecule has 2 amide bonds. The Hall–Kier alpha value is -3.75. The molecule has 2 unspecified atom stereocenters. The first-order valence-electron chi connectivity index (χ1n) is 11.6. The van der Waals surface area contributed by atoms with E-state index in [1.807, 2.05) is 49.4 Å². The number of carbonyl (C=O) groups excluding carboxylic acids is 3. The van der Waals surface area contributed by atoms with E-state index in [4.69, 9.17) is 4.74 Å². The van der Waals surface area contributed by atoms with Gasteiger partial charge in [-0.15, -0.1) is 0 Å². The zero-order valence-corrected chi connectivity index (χ0v) is 19.4. The van der Waals surface area contributed by atoms with E-state index in [2.05, 4.69) is 15.4 Å². The van der Waals surface area contributed by atoms with Crippen molar-refractivity contribution in [1.82, 2.24) is 9.88 Å². The minimum absolute atomic E-state index is 0.144. The number of nitrogens with zero attached hydrogens (tertiary/aromatic N) is 4. The average Bonchev–Trinajstić information content (AvgIpc) is 3.31. The zero-order chi connectivity index (χ0) is 24.1. The SMILES string of the molecule is CCOC(=O)C1=NN(c2ccccc2)C(C(=O)N2CCCC(C(=O)Nc3ncccc3C)C2)C1. The molecule has 2 atom stereocenters. The number of rotatable bonds is 6. The second-order valence-corrected chi connectivity index (χ2v) is 8.45. The van der Waals surface area contributed by atoms with Crippen LogP contribution in [-0.2, 0) is 19.1 Å². The van der Waals surface area contributed by atoms with Crippen LogP contribution in [-0.4, -0.2) is 59.1 Å². The molecule has 0 radical (unpaired) electrons. The van der Waals surface area contributed by atoms with Crippen LogP contribution in [0.4, 0.5) is 11.5 Å². The molecule has 178 valence electrons. The summed E-state index contributed by atoms with van der Waals surface area (Å²) >= 11 is 0. The summed E-state index contributed by atoms with van der Waals surface area (Å²) < 4.78 is 5.12. The standard InChI is InChI=1S/C25H29N5O4/c1-3-34-25(33)20-15-21(30(28-20)19-11-5-4-6-12-19)24(32)29-14-8-10-18(16-29)23(31)27-22-17(2)9-7-13-26-22/h4-7,9,11-13,18,21H,3,8,10,14-16H2,1-2H3,(H,26,27,31). The lowest BCUT2D eigenvalue weighted by atomic mass is 9.96. The molecule has 0 spiro atoms. The van der Waals surface area contributed by atoms with Crippen molar-refractivity contribution in [1.29, 1.82) is 0 Å². The molecule has 1 fully saturated rings. The van der Waals surface area contributed by atoms with E-state index in [1.54, 1.807) is 23.0 Å². The van der Waals surface area contributed by atoms with Crippen LogP contribution in [0.25, 0.3) is 0 Å². The van der Waals surface area contributed by atoms with Crippen LogP contribution in [0, 0.1) is 12.8 Å². The Bertz CT molecular complexity index is 1090. The number of ether oxygens (including phenoxy) is 1. The van der Waals surface area contributed by atoms with Crippen molar-refractivity contribution in [2.75, 3.05) is 30.0 Å². The van der Waals surface area contributed by atoms with E-state index < -0.39 is 12.0 Å². The number of piperidine rings is 1. The number of para-hydroxylation sites is 1. The predicted octanol–water partition coefficient (Wildman–Crippen LogP) is 2.77. The first-order chi connectivity index (χ1) is 16.5. The third-order valence-corrected chi connectivity index (χ3v) is 6.08. The van der Waals surface area contributed by atoms with Crippen molar-refractivity contribution in [3.63, 3.8) is 0 Å². The number of hydrogen-bond acceptors (Lipinski definition) is 7. The Kier molecular flexibility index (Phi) is 7.20. The Morgan fingerprint density at radius 3 is 2.68 bits per heavy atom. The number of hydrogen-bond donors (Lipinski definition) is 1. The maximum Gasteiger partial charge on any atom is 0.354 e. The Balaban J connectivity index is 1.48. The quantitative estimate of drug-likeness (QED) is 0.661. The summed E-state index contributed by atoms with van der Waals surface area (Å²) in [5, 5.41) is 8.92. The molecule has 9 heteroatoms. The van der Waals surface area contributed by atoms with Crippen LogP contribution in [0.15, 0.2) is 53.8 Å². The van der Waals surface area contributed by atoms with Crippen LogP contribution in [0.2, 0.25) is 0 Å². The highest BCUT2D eigenvalue weighted by molar-refractivity contribution is 6.38. The lowest BCUT2D eigenvalue weighted by Gasteiger charge is -2.35. The van der Waals surface area contributed by atoms with Gasteiger partial charge in [-0.3, -0.25) is 14.6 Å². The van der Waals surface area contributed by atoms with Gasteiger partial charge in [-0.2, -0.15) is 5.10 Å². The molecule has 34 heavy (non-hydrogen) atoms. The lowest BCUT2D eigenvalue weighted by molar-refractivity contribution is -0.135. The first kappa shape index (κ1) is 23.4. The number of esters is 1. The largest absolute Gasteiger partial charge is 0.461 e. The molecule has 1 aromatic carbocycles. The van der Waals surface area contributed by atoms with E-state index in [-0.39, 0.29) is 36.5 Å². The number of aromatic nitrogens is 1. The Labute approximate surface area is 198 Å². The van der Waals surface area contributed by atoms with Crippen molar-refractivity contribution >= 4 is 35.0 Å². The normalized spacial score (nSPS) is 20.0. The topological polar surface area (TPSA) is 104 Å². The molecule has 2 aliphatic heterocycles. The van der Waals surface area contributed by atoms with Gasteiger partial charge in [0.15, 0.2) is 0 Å². The molecule has 1 saturated heterocycles. The van der Waals surface area contributed by atoms with Crippen molar-refractivity contribution in [3.8, 4) is 0 Å². The molecule has 0 bridgehead atoms. The fourth-order valence-corrected chi connectivity index (χ4v) is 4.30. The van der Waals surface area contributed by atoms with Crippen molar-refractivity contribution in [3.05, 3.63) is 54.2 Å². The smallest absolute Gasteiger partial charge is 0.354 e. The minimum atomic E-state index is -0.665. The number of carbonyl (C=O) groups is 3. The van der Waals surface area contributed by atoms with Gasteiger partial charge in [0.2, 0.25) is 11.8 Å². The van der Waals surface area contributed by atoms with Crippen LogP contribution in [0.3, 0.4) is 0 Å². The third kappa shape index (κ3) is 5.08. The number of likely N-dealkylation sites (tertiary alicyclic amines) is 1. The van der Waals surface area contributed by atoms with E-state index in [9.17, 15) is 14.4 Å². The van der Waals surface area contributed by atoms with Gasteiger partial charge in [0.05, 0.1) is 18.2 Å². The number of anilines is 2. The van der Waals surface area contributed by atoms with Crippen molar-refractivity contribution < 1.29 is 19.1 Å². The summed E-state index contributed by atoms with van der Waals surface area (Å²) in [5.41, 5.74) is 1.82. The van der Waals surface area contributed by atoms with Crippen molar-refractivity contribution in [2.45, 2.75) is 39.2 Å². The van der Waals surface area contributed by atoms with Gasteiger partial charge in [0, 0.05) is 25.7 Å². The molecular weight excluding hydrogens is 434 g/mol. The summed E-state index contributed by atoms with van der Waals surface area (Å²) in [6.45, 7) is 4.72. The molecule has 2 aliphatic rings. The van der Waals surface area contributed by atoms with Gasteiger partial charge >= 0.3 is 5.97 Å². The predicted molar refractivity (Wildman–Crippen MR) is 128 cm³/mol. The average molecular weight is 464 g/mol. The monoisotopic (exact) mass is 463 g/mol. The minimum Gasteiger partial charge on any atom is -0.461 e. The van der Waals surface area contributed by atoms with E-state index in [0.717, 1.165) is 11.3 Å². The van der Waals surface area contributed by atoms with Crippen LogP contribution >= 0.6 is 0 Å². The first-order valence-corrected chi connectivity index (χ1v) is 11.6. The molecule has 0 saturated carbocycles. The zero-order valence-electron chi connectivity index (χ0n) is 19.4.